The van der Waals surface area contributed by atoms with Gasteiger partial charge in [0.25, 0.3) is 13.4 Å². The van der Waals surface area contributed by atoms with E-state index in [-0.39, 0.29) is 13.4 Å². The fraction of sp³-hybridized carbons (Fsp3) is 0. The molecule has 3 aliphatic heterocycles. The van der Waals surface area contributed by atoms with Crippen molar-refractivity contribution in [3.8, 4) is 51.6 Å². The summed E-state index contributed by atoms with van der Waals surface area (Å²) in [5.74, 6) is 4.68. The Morgan fingerprint density at radius 2 is 0.676 bits per heavy atom. The second-order valence-corrected chi connectivity index (χ2v) is 19.8. The molecule has 8 heteroatoms. The summed E-state index contributed by atoms with van der Waals surface area (Å²) in [6, 6.07) is 85.2. The van der Waals surface area contributed by atoms with Crippen LogP contribution in [-0.2, 0) is 0 Å². The summed E-state index contributed by atoms with van der Waals surface area (Å²) >= 11 is 0. The first-order valence-electron chi connectivity index (χ1n) is 25.4. The van der Waals surface area contributed by atoms with Gasteiger partial charge in [-0.3, -0.25) is 0 Å². The molecule has 0 aliphatic carbocycles. The van der Waals surface area contributed by atoms with Crippen molar-refractivity contribution < 1.29 is 14.2 Å². The Labute approximate surface area is 425 Å². The normalized spacial score (nSPS) is 13.1. The molecule has 3 aliphatic rings. The van der Waals surface area contributed by atoms with Crippen LogP contribution in [0.1, 0.15) is 0 Å². The molecule has 0 spiro atoms. The second-order valence-electron chi connectivity index (χ2n) is 19.8. The monoisotopic (exact) mass is 943 g/mol. The van der Waals surface area contributed by atoms with Gasteiger partial charge < -0.3 is 27.9 Å². The van der Waals surface area contributed by atoms with Gasteiger partial charge in [-0.05, 0) is 94.6 Å². The van der Waals surface area contributed by atoms with Gasteiger partial charge in [0, 0.05) is 60.7 Å². The Hall–Kier alpha value is -9.65. The van der Waals surface area contributed by atoms with E-state index in [0.29, 0.717) is 0 Å². The number of hydrogen-bond acceptors (Lipinski definition) is 3. The fourth-order valence-corrected chi connectivity index (χ4v) is 13.1. The first kappa shape index (κ1) is 40.0. The van der Waals surface area contributed by atoms with Crippen LogP contribution in [0, 0.1) is 0 Å². The maximum absolute atomic E-state index is 7.35. The van der Waals surface area contributed by atoms with Crippen LogP contribution >= 0.6 is 0 Å². The zero-order valence-corrected chi connectivity index (χ0v) is 39.7. The van der Waals surface area contributed by atoms with E-state index in [1.807, 2.05) is 0 Å². The molecule has 0 atom stereocenters. The molecule has 11 aromatic carbocycles. The van der Waals surface area contributed by atoms with E-state index >= 15 is 0 Å². The van der Waals surface area contributed by atoms with Gasteiger partial charge in [-0.15, -0.1) is 0 Å². The molecule has 0 bridgehead atoms. The molecule has 0 fully saturated rings. The minimum atomic E-state index is -0.262. The lowest BCUT2D eigenvalue weighted by atomic mass is 9.31. The van der Waals surface area contributed by atoms with E-state index in [2.05, 4.69) is 250 Å². The highest BCUT2D eigenvalue weighted by molar-refractivity contribution is 7.01. The smallest absolute Gasteiger partial charge is 0.260 e. The van der Waals surface area contributed by atoms with Crippen molar-refractivity contribution in [2.24, 2.45) is 0 Å². The molecular weight excluding hydrogens is 904 g/mol. The van der Waals surface area contributed by atoms with Gasteiger partial charge in [0.2, 0.25) is 0 Å². The van der Waals surface area contributed by atoms with Gasteiger partial charge in [-0.1, -0.05) is 158 Å². The molecule has 6 nitrogen and oxygen atoms in total. The Balaban J connectivity index is 0.908. The van der Waals surface area contributed by atoms with Crippen LogP contribution < -0.4 is 47.0 Å². The van der Waals surface area contributed by atoms with Gasteiger partial charge in [0.1, 0.15) is 34.5 Å². The quantitative estimate of drug-likeness (QED) is 0.165. The number of hydrogen-bond donors (Lipinski definition) is 0. The predicted octanol–water partition coefficient (Wildman–Crippen LogP) is 12.3. The topological polar surface area (TPSA) is 42.5 Å². The van der Waals surface area contributed by atoms with Crippen molar-refractivity contribution in [2.75, 3.05) is 0 Å². The van der Waals surface area contributed by atoms with Crippen molar-refractivity contribution in [3.63, 3.8) is 0 Å². The first-order chi connectivity index (χ1) is 36.7. The van der Waals surface area contributed by atoms with E-state index < -0.39 is 0 Å². The molecule has 0 radical (unpaired) electrons. The standard InChI is InChI=1S/C66H39B2N3O3/c1-10-28-52-41(18-1)42-19-2-11-29-53(42)70(52)56-32-14-6-24-47(56)67-48-25-7-15-34-58(48)72-61-39-62-64-66(63(61)67)74-59-35-16-8-26-49(59)68(64)50-38-40(36-37-60(50)73-62)69-51-27-9-5-22-45(51)46-23-17-33-57(65(46)69)71-54-30-12-3-20-43(54)44-21-4-13-31-55(44)71/h1-39H. The molecule has 3 aromatic heterocycles. The summed E-state index contributed by atoms with van der Waals surface area (Å²) in [5.41, 5.74) is 16.6. The summed E-state index contributed by atoms with van der Waals surface area (Å²) in [6.07, 6.45) is 0. The number of benzene rings is 11. The van der Waals surface area contributed by atoms with Crippen molar-refractivity contribution in [2.45, 2.75) is 0 Å². The van der Waals surface area contributed by atoms with E-state index in [9.17, 15) is 0 Å². The van der Waals surface area contributed by atoms with Crippen molar-refractivity contribution in [3.05, 3.63) is 237 Å². The third-order valence-corrected chi connectivity index (χ3v) is 16.1. The Kier molecular flexibility index (Phi) is 8.08. The van der Waals surface area contributed by atoms with Gasteiger partial charge in [-0.25, -0.2) is 0 Å². The van der Waals surface area contributed by atoms with Crippen molar-refractivity contribution >= 4 is 112 Å². The first-order valence-corrected chi connectivity index (χ1v) is 25.4. The lowest BCUT2D eigenvalue weighted by Crippen LogP contribution is -2.62. The largest absolute Gasteiger partial charge is 0.459 e. The number of nitrogens with zero attached hydrogens (tertiary/aromatic N) is 3. The van der Waals surface area contributed by atoms with Crippen LogP contribution in [0.4, 0.5) is 0 Å². The van der Waals surface area contributed by atoms with Gasteiger partial charge in [0.05, 0.1) is 38.8 Å². The molecule has 0 amide bonds. The molecule has 14 aromatic rings. The zero-order chi connectivity index (χ0) is 48.2. The highest BCUT2D eigenvalue weighted by atomic mass is 16.5. The number of para-hydroxylation sites is 9. The molecule has 17 rings (SSSR count). The summed E-state index contributed by atoms with van der Waals surface area (Å²) in [5, 5.41) is 7.29. The molecule has 342 valence electrons. The van der Waals surface area contributed by atoms with E-state index in [1.54, 1.807) is 0 Å². The van der Waals surface area contributed by atoms with Crippen LogP contribution in [0.15, 0.2) is 237 Å². The zero-order valence-electron chi connectivity index (χ0n) is 39.7. The predicted molar refractivity (Wildman–Crippen MR) is 305 cm³/mol. The van der Waals surface area contributed by atoms with Crippen LogP contribution in [0.2, 0.25) is 0 Å². The number of ether oxygens (including phenoxy) is 3. The highest BCUT2D eigenvalue weighted by Crippen LogP contribution is 2.43. The minimum Gasteiger partial charge on any atom is -0.459 e. The van der Waals surface area contributed by atoms with Gasteiger partial charge in [0.15, 0.2) is 0 Å². The summed E-state index contributed by atoms with van der Waals surface area (Å²) in [6.45, 7) is -0.476. The van der Waals surface area contributed by atoms with Crippen LogP contribution in [0.25, 0.3) is 82.5 Å². The van der Waals surface area contributed by atoms with E-state index in [4.69, 9.17) is 14.2 Å². The van der Waals surface area contributed by atoms with E-state index in [0.717, 1.165) is 106 Å². The Morgan fingerprint density at radius 1 is 0.270 bits per heavy atom. The number of fused-ring (bicyclic) bond motifs is 16. The van der Waals surface area contributed by atoms with Crippen molar-refractivity contribution in [1.82, 2.24) is 13.7 Å². The number of rotatable bonds is 4. The van der Waals surface area contributed by atoms with Gasteiger partial charge >= 0.3 is 0 Å². The summed E-state index contributed by atoms with van der Waals surface area (Å²) in [7, 11) is 0. The molecule has 6 heterocycles. The maximum Gasteiger partial charge on any atom is 0.260 e. The number of aromatic nitrogens is 3. The second kappa shape index (κ2) is 14.9. The molecule has 0 saturated heterocycles. The minimum absolute atomic E-state index is 0.214. The van der Waals surface area contributed by atoms with Crippen LogP contribution in [0.3, 0.4) is 0 Å². The van der Waals surface area contributed by atoms with Gasteiger partial charge in [-0.2, -0.15) is 0 Å². The third-order valence-electron chi connectivity index (χ3n) is 16.1. The molecule has 0 saturated carbocycles. The van der Waals surface area contributed by atoms with Crippen molar-refractivity contribution in [1.29, 1.82) is 0 Å². The Morgan fingerprint density at radius 3 is 1.26 bits per heavy atom. The lowest BCUT2D eigenvalue weighted by molar-refractivity contribution is 0.447. The van der Waals surface area contributed by atoms with E-state index in [1.165, 1.54) is 43.4 Å². The average molecular weight is 944 g/mol. The molecule has 74 heavy (non-hydrogen) atoms. The summed E-state index contributed by atoms with van der Waals surface area (Å²) < 4.78 is 28.9. The Bertz CT molecular complexity index is 4650. The third kappa shape index (κ3) is 5.35. The summed E-state index contributed by atoms with van der Waals surface area (Å²) in [4.78, 5) is 0. The van der Waals surface area contributed by atoms with Crippen LogP contribution in [0.5, 0.6) is 34.5 Å². The fourth-order valence-electron chi connectivity index (χ4n) is 13.1. The maximum atomic E-state index is 7.35. The molecule has 0 unspecified atom stereocenters. The molecule has 0 N–H and O–H groups in total. The SMILES string of the molecule is c1ccc2c(c1)Oc1c3c(cc4c1B(c1ccccc1-n1c5ccccc5c5ccccc51)c1ccccc1O4)Oc1ccc(-n4c5ccccc5c5cccc(-n6c7ccccc7c7ccccc76)c54)cc1B23. The van der Waals surface area contributed by atoms with Crippen LogP contribution in [-0.4, -0.2) is 27.1 Å². The molecular formula is C66H39B2N3O3. The lowest BCUT2D eigenvalue weighted by Gasteiger charge is -2.37. The average Bonchev–Trinajstić information content (AvgIpc) is 4.15. The highest BCUT2D eigenvalue weighted by Gasteiger charge is 2.46.